The summed E-state index contributed by atoms with van der Waals surface area (Å²) < 4.78 is 37.3. The van der Waals surface area contributed by atoms with E-state index in [1.807, 2.05) is 6.07 Å². The Kier molecular flexibility index (Phi) is 10.9. The van der Waals surface area contributed by atoms with Crippen molar-refractivity contribution in [3.05, 3.63) is 65.2 Å². The molecular weight excluding hydrogens is 625 g/mol. The summed E-state index contributed by atoms with van der Waals surface area (Å²) in [5.41, 5.74) is -2.00. The Hall–Kier alpha value is -3.27. The number of nitrogens with zero attached hydrogens (tertiary/aromatic N) is 3. The molecule has 0 aromatic carbocycles. The van der Waals surface area contributed by atoms with Crippen LogP contribution in [-0.2, 0) is 44.4 Å². The number of hydrogen-bond acceptors (Lipinski definition) is 14. The van der Waals surface area contributed by atoms with Crippen LogP contribution in [0.15, 0.2) is 31.6 Å². The third-order valence-corrected chi connectivity index (χ3v) is 9.28. The number of carbonyl (C=O) groups excluding carboxylic acids is 1. The molecule has 4 rings (SSSR count). The summed E-state index contributed by atoms with van der Waals surface area (Å²) in [7, 11) is 0. The number of aliphatic hydroxyl groups is 1. The fraction of sp³-hybridized carbons (Fsp3) is 0.600. The minimum absolute atomic E-state index is 0.0204. The van der Waals surface area contributed by atoms with E-state index in [9.17, 15) is 29.1 Å². The number of rotatable bonds is 12. The third-order valence-electron chi connectivity index (χ3n) is 6.90. The molecule has 2 aliphatic heterocycles. The zero-order valence-corrected chi connectivity index (χ0v) is 25.7. The van der Waals surface area contributed by atoms with Crippen molar-refractivity contribution in [2.75, 3.05) is 19.8 Å². The molecule has 7 atom stereocenters. The van der Waals surface area contributed by atoms with Gasteiger partial charge in [0, 0.05) is 43.3 Å². The predicted octanol–water partition coefficient (Wildman–Crippen LogP) is -0.241. The van der Waals surface area contributed by atoms with Gasteiger partial charge in [-0.05, 0) is 25.7 Å². The number of aromatic nitrogens is 4. The van der Waals surface area contributed by atoms with Gasteiger partial charge in [0.15, 0.2) is 0 Å². The number of carbonyl (C=O) groups is 1. The number of hydrogen-bond donors (Lipinski definition) is 3. The highest BCUT2D eigenvalue weighted by atomic mass is 32.5. The van der Waals surface area contributed by atoms with Gasteiger partial charge >= 0.3 is 24.1 Å². The van der Waals surface area contributed by atoms with E-state index in [1.165, 1.54) is 42.3 Å². The first-order chi connectivity index (χ1) is 20.8. The van der Waals surface area contributed by atoms with Crippen LogP contribution in [0.25, 0.3) is 0 Å². The Bertz CT molecular complexity index is 1700. The summed E-state index contributed by atoms with van der Waals surface area (Å²) in [6.45, 7) is -0.457. The maximum absolute atomic E-state index is 12.5. The van der Waals surface area contributed by atoms with Crippen LogP contribution >= 0.6 is 6.72 Å². The molecule has 0 amide bonds. The molecule has 240 valence electrons. The third kappa shape index (κ3) is 7.86. The first-order valence-corrected chi connectivity index (χ1v) is 16.1. The van der Waals surface area contributed by atoms with Gasteiger partial charge < -0.3 is 32.9 Å². The van der Waals surface area contributed by atoms with Crippen LogP contribution in [0.3, 0.4) is 0 Å². The van der Waals surface area contributed by atoms with Crippen molar-refractivity contribution in [1.29, 1.82) is 5.26 Å². The monoisotopic (exact) mass is 657 g/mol. The molecule has 2 aliphatic rings. The van der Waals surface area contributed by atoms with E-state index in [1.54, 1.807) is 0 Å². The van der Waals surface area contributed by atoms with Gasteiger partial charge in [-0.3, -0.25) is 33.5 Å². The molecule has 0 radical (unpaired) electrons. The minimum Gasteiger partial charge on any atom is -0.460 e. The molecule has 4 heterocycles. The first kappa shape index (κ1) is 33.6. The summed E-state index contributed by atoms with van der Waals surface area (Å²) in [4.78, 5) is 64.7. The molecule has 0 bridgehead atoms. The number of ether oxygens (including phenoxy) is 3. The van der Waals surface area contributed by atoms with Crippen LogP contribution in [0, 0.1) is 25.2 Å². The van der Waals surface area contributed by atoms with Gasteiger partial charge in [0.05, 0.1) is 38.4 Å². The lowest BCUT2D eigenvalue weighted by atomic mass is 10.2. The summed E-state index contributed by atoms with van der Waals surface area (Å²) in [5.74, 6) is -0.608. The summed E-state index contributed by atoms with van der Waals surface area (Å²) >= 11 is 5.63. The lowest BCUT2D eigenvalue weighted by Crippen LogP contribution is -2.33. The Labute approximate surface area is 254 Å². The fourth-order valence-electron chi connectivity index (χ4n) is 4.74. The number of aryl methyl sites for hydroxylation is 2. The fourth-order valence-corrected chi connectivity index (χ4v) is 6.87. The smallest absolute Gasteiger partial charge is 0.330 e. The van der Waals surface area contributed by atoms with E-state index >= 15 is 0 Å². The molecule has 44 heavy (non-hydrogen) atoms. The minimum atomic E-state index is -3.72. The molecule has 0 aliphatic carbocycles. The summed E-state index contributed by atoms with van der Waals surface area (Å²) in [5, 5.41) is 19.0. The molecule has 3 N–H and O–H groups in total. The number of H-pyrrole nitrogens is 2. The van der Waals surface area contributed by atoms with Gasteiger partial charge in [-0.1, -0.05) is 0 Å². The zero-order chi connectivity index (χ0) is 32.2. The van der Waals surface area contributed by atoms with Gasteiger partial charge in [-0.25, -0.2) is 9.59 Å². The molecule has 19 heteroatoms. The Morgan fingerprint density at radius 1 is 1.02 bits per heavy atom. The van der Waals surface area contributed by atoms with Gasteiger partial charge in [0.25, 0.3) is 11.1 Å². The average molecular weight is 658 g/mol. The second-order valence-corrected chi connectivity index (χ2v) is 13.1. The SMILES string of the molecule is CC(=O)O[C@H]1C[C@H](n2cc(C)c(=O)[nH]c2=O)O[C@@H]1COP(=S)(OCCC#N)O[C@@H]1C[C@H](n2cc(C)c(=O)[nH]c2=O)O[C@@H]1CO. The number of aliphatic hydroxyl groups excluding tert-OH is 1. The van der Waals surface area contributed by atoms with E-state index in [0.717, 1.165) is 0 Å². The molecule has 17 nitrogen and oxygen atoms in total. The number of nitrogens with one attached hydrogen (secondary N) is 2. The van der Waals surface area contributed by atoms with Crippen molar-refractivity contribution < 1.29 is 37.7 Å². The second-order valence-electron chi connectivity index (χ2n) is 10.1. The van der Waals surface area contributed by atoms with Crippen LogP contribution in [-0.4, -0.2) is 74.4 Å². The standard InChI is InChI=1S/C25H32N5O12PS/c1-13-9-29(24(35)27-22(13)33)20-7-16(39-15(3)32)19(41-20)12-38-43(44,37-6-4-5-26)42-17-8-21(40-18(17)11-31)30-10-14(2)23(34)28-25(30)36/h9-10,16-21,31H,4,6-8,11-12H2,1-3H3,(H,27,33,35)(H,28,34,36)/t16-,17+,18+,19+,20+,21+,43?/m0/s1. The number of nitriles is 1. The second kappa shape index (κ2) is 14.2. The first-order valence-electron chi connectivity index (χ1n) is 13.5. The Balaban J connectivity index is 1.53. The quantitative estimate of drug-likeness (QED) is 0.152. The predicted molar refractivity (Wildman–Crippen MR) is 153 cm³/mol. The average Bonchev–Trinajstić information content (AvgIpc) is 3.54. The Morgan fingerprint density at radius 2 is 1.57 bits per heavy atom. The molecule has 0 spiro atoms. The molecule has 0 saturated carbocycles. The number of aromatic amines is 2. The highest BCUT2D eigenvalue weighted by Gasteiger charge is 2.44. The lowest BCUT2D eigenvalue weighted by molar-refractivity contribution is -0.150. The molecule has 2 fully saturated rings. The summed E-state index contributed by atoms with van der Waals surface area (Å²) in [6.07, 6.45) is -2.86. The van der Waals surface area contributed by atoms with E-state index in [-0.39, 0.29) is 43.6 Å². The van der Waals surface area contributed by atoms with Crippen molar-refractivity contribution in [3.8, 4) is 6.07 Å². The van der Waals surface area contributed by atoms with Crippen molar-refractivity contribution >= 4 is 24.5 Å². The van der Waals surface area contributed by atoms with Crippen LogP contribution in [0.2, 0.25) is 0 Å². The van der Waals surface area contributed by atoms with Crippen LogP contribution in [0.5, 0.6) is 0 Å². The van der Waals surface area contributed by atoms with E-state index < -0.39 is 78.7 Å². The van der Waals surface area contributed by atoms with Crippen molar-refractivity contribution in [2.24, 2.45) is 0 Å². The van der Waals surface area contributed by atoms with E-state index in [0.29, 0.717) is 0 Å². The normalized spacial score (nSPS) is 26.2. The Morgan fingerprint density at radius 3 is 2.09 bits per heavy atom. The highest BCUT2D eigenvalue weighted by molar-refractivity contribution is 8.07. The van der Waals surface area contributed by atoms with Crippen molar-refractivity contribution in [2.45, 2.75) is 76.9 Å². The number of esters is 1. The maximum Gasteiger partial charge on any atom is 0.330 e. The van der Waals surface area contributed by atoms with E-state index in [4.69, 9.17) is 44.9 Å². The van der Waals surface area contributed by atoms with Gasteiger partial charge in [-0.2, -0.15) is 5.26 Å². The molecule has 2 aromatic heterocycles. The largest absolute Gasteiger partial charge is 0.460 e. The molecule has 1 unspecified atom stereocenters. The van der Waals surface area contributed by atoms with E-state index in [2.05, 4.69) is 9.97 Å². The van der Waals surface area contributed by atoms with Gasteiger partial charge in [-0.15, -0.1) is 0 Å². The molecular formula is C25H32N5O12PS. The highest BCUT2D eigenvalue weighted by Crippen LogP contribution is 2.54. The molecule has 2 aromatic rings. The summed E-state index contributed by atoms with van der Waals surface area (Å²) in [6, 6.07) is 1.93. The lowest BCUT2D eigenvalue weighted by Gasteiger charge is -2.28. The topological polar surface area (TPSA) is 226 Å². The van der Waals surface area contributed by atoms with Crippen LogP contribution in [0.4, 0.5) is 0 Å². The van der Waals surface area contributed by atoms with Gasteiger partial charge in [0.1, 0.15) is 30.8 Å². The van der Waals surface area contributed by atoms with Crippen LogP contribution < -0.4 is 22.5 Å². The van der Waals surface area contributed by atoms with Crippen molar-refractivity contribution in [1.82, 2.24) is 19.1 Å². The van der Waals surface area contributed by atoms with Gasteiger partial charge in [0.2, 0.25) is 0 Å². The van der Waals surface area contributed by atoms with Crippen molar-refractivity contribution in [3.63, 3.8) is 0 Å². The zero-order valence-electron chi connectivity index (χ0n) is 24.0. The van der Waals surface area contributed by atoms with Crippen LogP contribution in [0.1, 0.15) is 49.8 Å². The molecule has 2 saturated heterocycles. The maximum atomic E-state index is 12.5.